The molecule has 1 heterocycles. The quantitative estimate of drug-likeness (QED) is 0.254. The number of hydrogen-bond donors (Lipinski definition) is 5. The van der Waals surface area contributed by atoms with Crippen molar-refractivity contribution in [3.63, 3.8) is 0 Å². The molecule has 0 spiro atoms. The number of aliphatic imine (C=N–C) groups is 1. The van der Waals surface area contributed by atoms with Crippen LogP contribution in [0.15, 0.2) is 34.7 Å². The van der Waals surface area contributed by atoms with Crippen molar-refractivity contribution in [2.24, 2.45) is 28.3 Å². The van der Waals surface area contributed by atoms with Gasteiger partial charge in [0, 0.05) is 23.7 Å². The van der Waals surface area contributed by atoms with Crippen molar-refractivity contribution < 1.29 is 4.92 Å². The van der Waals surface area contributed by atoms with Crippen molar-refractivity contribution in [2.45, 2.75) is 37.9 Å². The number of rotatable bonds is 7. The lowest BCUT2D eigenvalue weighted by molar-refractivity contribution is -0.416. The number of anilines is 1. The Balaban J connectivity index is 1.70. The van der Waals surface area contributed by atoms with E-state index in [2.05, 4.69) is 15.6 Å². The molecule has 1 aromatic carbocycles. The summed E-state index contributed by atoms with van der Waals surface area (Å²) in [5.74, 6) is 0.0266. The van der Waals surface area contributed by atoms with Crippen LogP contribution in [-0.4, -0.2) is 30.0 Å². The van der Waals surface area contributed by atoms with Gasteiger partial charge in [-0.25, -0.2) is 4.99 Å². The minimum atomic E-state index is -1.27. The molecule has 1 aliphatic carbocycles. The van der Waals surface area contributed by atoms with Gasteiger partial charge in [0.2, 0.25) is 0 Å². The molecular formula is C19H28ClN7O2. The first-order chi connectivity index (χ1) is 13.8. The molecule has 0 bridgehead atoms. The van der Waals surface area contributed by atoms with Crippen molar-refractivity contribution >= 4 is 23.5 Å². The van der Waals surface area contributed by atoms with Crippen LogP contribution in [-0.2, 0) is 6.42 Å². The van der Waals surface area contributed by atoms with E-state index in [4.69, 9.17) is 28.8 Å². The van der Waals surface area contributed by atoms with Gasteiger partial charge >= 0.3 is 5.70 Å². The molecule has 8 N–H and O–H groups in total. The first kappa shape index (κ1) is 21.4. The lowest BCUT2D eigenvalue weighted by Crippen LogP contribution is -2.58. The van der Waals surface area contributed by atoms with Crippen molar-refractivity contribution in [1.29, 1.82) is 0 Å². The number of halogens is 1. The molecule has 0 amide bonds. The van der Waals surface area contributed by atoms with Crippen LogP contribution in [0, 0.1) is 22.0 Å². The van der Waals surface area contributed by atoms with Crippen LogP contribution < -0.4 is 27.8 Å². The SMILES string of the molecule is NCC1CCC(CNC2=C([N+](=O)[O-])C=NC(N)(Cc3cc(N)ccc3Cl)N2)CC1. The molecule has 10 heteroatoms. The highest BCUT2D eigenvalue weighted by Gasteiger charge is 2.34. The Kier molecular flexibility index (Phi) is 6.61. The van der Waals surface area contributed by atoms with E-state index in [0.29, 0.717) is 34.7 Å². The zero-order valence-electron chi connectivity index (χ0n) is 16.2. The first-order valence-electron chi connectivity index (χ1n) is 9.78. The van der Waals surface area contributed by atoms with E-state index in [0.717, 1.165) is 32.2 Å². The standard InChI is InChI=1S/C19H28ClN7O2/c20-16-6-5-15(22)7-14(16)8-19(23)25-11-17(27(28)29)18(26-19)24-10-13-3-1-12(9-21)2-4-13/h5-7,11-13,24,26H,1-4,8-10,21-23H2. The highest BCUT2D eigenvalue weighted by molar-refractivity contribution is 6.31. The van der Waals surface area contributed by atoms with Crippen LogP contribution in [0.3, 0.4) is 0 Å². The Morgan fingerprint density at radius 2 is 2.00 bits per heavy atom. The van der Waals surface area contributed by atoms with E-state index in [1.807, 2.05) is 0 Å². The van der Waals surface area contributed by atoms with Gasteiger partial charge in [-0.1, -0.05) is 11.6 Å². The molecule has 0 saturated heterocycles. The Labute approximate surface area is 174 Å². The second kappa shape index (κ2) is 8.98. The van der Waals surface area contributed by atoms with Crippen molar-refractivity contribution in [2.75, 3.05) is 18.8 Å². The minimum Gasteiger partial charge on any atom is -0.399 e. The molecule has 158 valence electrons. The molecule has 1 aliphatic heterocycles. The first-order valence-corrected chi connectivity index (χ1v) is 10.2. The topological polar surface area (TPSA) is 158 Å². The Morgan fingerprint density at radius 1 is 1.31 bits per heavy atom. The lowest BCUT2D eigenvalue weighted by atomic mass is 9.82. The highest BCUT2D eigenvalue weighted by Crippen LogP contribution is 2.28. The van der Waals surface area contributed by atoms with E-state index >= 15 is 0 Å². The number of nitro groups is 1. The summed E-state index contributed by atoms with van der Waals surface area (Å²) >= 11 is 6.24. The summed E-state index contributed by atoms with van der Waals surface area (Å²) < 4.78 is 0. The van der Waals surface area contributed by atoms with Gasteiger partial charge in [-0.15, -0.1) is 0 Å². The lowest BCUT2D eigenvalue weighted by Gasteiger charge is -2.33. The van der Waals surface area contributed by atoms with Crippen molar-refractivity contribution in [1.82, 2.24) is 10.6 Å². The molecule has 0 radical (unpaired) electrons. The molecular weight excluding hydrogens is 394 g/mol. The van der Waals surface area contributed by atoms with Gasteiger partial charge in [-0.05, 0) is 67.8 Å². The summed E-state index contributed by atoms with van der Waals surface area (Å²) in [5, 5.41) is 18.2. The number of allylic oxidation sites excluding steroid dienone is 1. The van der Waals surface area contributed by atoms with Gasteiger partial charge in [-0.3, -0.25) is 15.8 Å². The predicted octanol–water partition coefficient (Wildman–Crippen LogP) is 1.55. The number of nitrogen functional groups attached to an aromatic ring is 1. The molecule has 2 aliphatic rings. The fourth-order valence-corrected chi connectivity index (χ4v) is 4.04. The van der Waals surface area contributed by atoms with Crippen molar-refractivity contribution in [3.8, 4) is 0 Å². The van der Waals surface area contributed by atoms with Gasteiger partial charge in [0.25, 0.3) is 0 Å². The molecule has 9 nitrogen and oxygen atoms in total. The molecule has 1 fully saturated rings. The van der Waals surface area contributed by atoms with Gasteiger partial charge in [0.05, 0.1) is 4.92 Å². The molecule has 29 heavy (non-hydrogen) atoms. The average molecular weight is 422 g/mol. The van der Waals surface area contributed by atoms with E-state index in [-0.39, 0.29) is 17.9 Å². The molecule has 1 saturated carbocycles. The number of nitrogens with one attached hydrogen (secondary N) is 2. The normalized spacial score (nSPS) is 26.9. The minimum absolute atomic E-state index is 0.139. The van der Waals surface area contributed by atoms with E-state index in [9.17, 15) is 10.1 Å². The van der Waals surface area contributed by atoms with E-state index in [1.165, 1.54) is 6.21 Å². The molecule has 0 aromatic heterocycles. The smallest absolute Gasteiger partial charge is 0.326 e. The number of nitrogens with two attached hydrogens (primary N) is 3. The summed E-state index contributed by atoms with van der Waals surface area (Å²) in [6.07, 6.45) is 5.71. The van der Waals surface area contributed by atoms with Gasteiger partial charge in [-0.2, -0.15) is 0 Å². The summed E-state index contributed by atoms with van der Waals surface area (Å²) in [6.45, 7) is 1.34. The average Bonchev–Trinajstić information content (AvgIpc) is 2.69. The molecule has 1 unspecified atom stereocenters. The predicted molar refractivity (Wildman–Crippen MR) is 115 cm³/mol. The van der Waals surface area contributed by atoms with Gasteiger partial charge in [0.1, 0.15) is 6.21 Å². The maximum Gasteiger partial charge on any atom is 0.326 e. The fourth-order valence-electron chi connectivity index (χ4n) is 3.85. The third-order valence-electron chi connectivity index (χ3n) is 5.61. The highest BCUT2D eigenvalue weighted by atomic mass is 35.5. The summed E-state index contributed by atoms with van der Waals surface area (Å²) in [5.41, 5.74) is 19.1. The van der Waals surface area contributed by atoms with Crippen LogP contribution in [0.5, 0.6) is 0 Å². The Morgan fingerprint density at radius 3 is 2.66 bits per heavy atom. The van der Waals surface area contributed by atoms with Crippen LogP contribution in [0.4, 0.5) is 5.69 Å². The van der Waals surface area contributed by atoms with Crippen LogP contribution in [0.1, 0.15) is 31.2 Å². The van der Waals surface area contributed by atoms with E-state index in [1.54, 1.807) is 18.2 Å². The van der Waals surface area contributed by atoms with E-state index < -0.39 is 10.7 Å². The Bertz CT molecular complexity index is 821. The number of nitrogens with zero attached hydrogens (tertiary/aromatic N) is 2. The van der Waals surface area contributed by atoms with Crippen LogP contribution in [0.25, 0.3) is 0 Å². The molecule has 3 rings (SSSR count). The second-order valence-corrected chi connectivity index (χ2v) is 8.26. The zero-order chi connectivity index (χ0) is 21.0. The maximum absolute atomic E-state index is 11.4. The largest absolute Gasteiger partial charge is 0.399 e. The molecule has 1 atom stereocenters. The third kappa shape index (κ3) is 5.37. The number of hydrogen-bond acceptors (Lipinski definition) is 8. The summed E-state index contributed by atoms with van der Waals surface area (Å²) in [7, 11) is 0. The monoisotopic (exact) mass is 421 g/mol. The zero-order valence-corrected chi connectivity index (χ0v) is 17.0. The second-order valence-electron chi connectivity index (χ2n) is 7.86. The third-order valence-corrected chi connectivity index (χ3v) is 5.98. The fraction of sp³-hybridized carbons (Fsp3) is 0.526. The summed E-state index contributed by atoms with van der Waals surface area (Å²) in [4.78, 5) is 15.2. The van der Waals surface area contributed by atoms with Gasteiger partial charge in [0.15, 0.2) is 11.6 Å². The van der Waals surface area contributed by atoms with Crippen LogP contribution in [0.2, 0.25) is 5.02 Å². The summed E-state index contributed by atoms with van der Waals surface area (Å²) in [6, 6.07) is 5.12. The van der Waals surface area contributed by atoms with Crippen LogP contribution >= 0.6 is 11.6 Å². The number of benzene rings is 1. The Hall–Kier alpha value is -2.36. The maximum atomic E-state index is 11.4. The van der Waals surface area contributed by atoms with Crippen molar-refractivity contribution in [3.05, 3.63) is 50.4 Å². The molecule has 1 aromatic rings. The van der Waals surface area contributed by atoms with Gasteiger partial charge < -0.3 is 22.1 Å².